The average molecular weight is 596 g/mol. The van der Waals surface area contributed by atoms with E-state index >= 15 is 0 Å². The number of amides is 1. The highest BCUT2D eigenvalue weighted by Crippen LogP contribution is 2.36. The molecule has 3 atom stereocenters. The summed E-state index contributed by atoms with van der Waals surface area (Å²) in [6.45, 7) is 3.21. The zero-order chi connectivity index (χ0) is 29.4. The number of benzene rings is 1. The summed E-state index contributed by atoms with van der Waals surface area (Å²) in [7, 11) is -3.45. The Balaban J connectivity index is 1.76. The lowest BCUT2D eigenvalue weighted by molar-refractivity contribution is 0.0389. The minimum Gasteiger partial charge on any atom is -0.486 e. The van der Waals surface area contributed by atoms with Crippen molar-refractivity contribution in [1.82, 2.24) is 28.3 Å². The van der Waals surface area contributed by atoms with Gasteiger partial charge in [-0.2, -0.15) is 12.7 Å². The quantitative estimate of drug-likeness (QED) is 0.358. The van der Waals surface area contributed by atoms with E-state index in [4.69, 9.17) is 4.74 Å². The first-order valence-electron chi connectivity index (χ1n) is 12.4. The third-order valence-corrected chi connectivity index (χ3v) is 9.64. The fraction of sp³-hybridized carbons (Fsp3) is 0.458. The number of rotatable bonds is 9. The highest BCUT2D eigenvalue weighted by molar-refractivity contribution is 7.92. The number of nitrogens with one attached hydrogen (secondary N) is 1. The van der Waals surface area contributed by atoms with Crippen LogP contribution in [0.4, 0.5) is 5.69 Å². The zero-order valence-electron chi connectivity index (χ0n) is 22.8. The number of aliphatic hydroxyl groups is 1. The number of aliphatic hydroxyl groups excluding tert-OH is 1. The molecule has 14 nitrogen and oxygen atoms in total. The van der Waals surface area contributed by atoms with Crippen molar-refractivity contribution < 1.29 is 31.5 Å². The number of para-hydroxylation sites is 1. The van der Waals surface area contributed by atoms with E-state index in [-0.39, 0.29) is 46.7 Å². The van der Waals surface area contributed by atoms with Crippen molar-refractivity contribution in [3.8, 4) is 5.75 Å². The van der Waals surface area contributed by atoms with Crippen LogP contribution >= 0.6 is 0 Å². The molecule has 1 aliphatic rings. The molecular weight excluding hydrogens is 562 g/mol. The van der Waals surface area contributed by atoms with Gasteiger partial charge in [-0.1, -0.05) is 13.0 Å². The second-order valence-electron chi connectivity index (χ2n) is 9.95. The number of ether oxygens (including phenoxy) is 1. The van der Waals surface area contributed by atoms with E-state index in [1.54, 1.807) is 27.9 Å². The Kier molecular flexibility index (Phi) is 8.26. The van der Waals surface area contributed by atoms with E-state index < -0.39 is 44.0 Å². The Morgan fingerprint density at radius 3 is 2.33 bits per heavy atom. The van der Waals surface area contributed by atoms with Gasteiger partial charge in [0.25, 0.3) is 26.0 Å². The molecule has 2 N–H and O–H groups in total. The first kappa shape index (κ1) is 29.5. The van der Waals surface area contributed by atoms with E-state index in [1.165, 1.54) is 64.3 Å². The van der Waals surface area contributed by atoms with Crippen LogP contribution in [-0.4, -0.2) is 95.0 Å². The second-order valence-corrected chi connectivity index (χ2v) is 13.6. The molecule has 1 aromatic carbocycles. The molecule has 0 unspecified atom stereocenters. The average Bonchev–Trinajstić information content (AvgIpc) is 3.54. The highest BCUT2D eigenvalue weighted by atomic mass is 32.2. The summed E-state index contributed by atoms with van der Waals surface area (Å²) in [6, 6.07) is 3.89. The molecule has 3 heterocycles. The molecule has 1 aliphatic heterocycles. The predicted molar refractivity (Wildman–Crippen MR) is 145 cm³/mol. The van der Waals surface area contributed by atoms with Gasteiger partial charge < -0.3 is 23.9 Å². The number of aromatic nitrogens is 4. The maximum atomic E-state index is 13.6. The Hall–Kier alpha value is -3.47. The monoisotopic (exact) mass is 595 g/mol. The lowest BCUT2D eigenvalue weighted by Crippen LogP contribution is -2.50. The minimum atomic E-state index is -4.15. The summed E-state index contributed by atoms with van der Waals surface area (Å²) in [4.78, 5) is 23.0. The van der Waals surface area contributed by atoms with E-state index in [0.29, 0.717) is 0 Å². The molecule has 218 valence electrons. The van der Waals surface area contributed by atoms with Crippen molar-refractivity contribution in [2.45, 2.75) is 36.0 Å². The van der Waals surface area contributed by atoms with Gasteiger partial charge in [0, 0.05) is 46.0 Å². The van der Waals surface area contributed by atoms with E-state index in [2.05, 4.69) is 14.7 Å². The largest absolute Gasteiger partial charge is 0.486 e. The molecule has 3 aromatic rings. The molecule has 1 amide bonds. The standard InChI is InChI=1S/C24H33N7O7S2/c1-16-9-31(17(2)13-32)24(33)18-7-6-8-19(27-39(34,35)21-11-28(3)14-25-21)23(18)38-20(16)10-30(5)40(36,37)22-12-29(4)15-26-22/h6-8,11-12,14-17,20,27,32H,9-10,13H2,1-5H3/t16-,17-,20+/m1/s1. The van der Waals surface area contributed by atoms with Crippen LogP contribution in [-0.2, 0) is 34.1 Å². The van der Waals surface area contributed by atoms with Gasteiger partial charge in [-0.05, 0) is 19.1 Å². The normalized spacial score (nSPS) is 19.1. The van der Waals surface area contributed by atoms with Gasteiger partial charge >= 0.3 is 0 Å². The number of nitrogens with zero attached hydrogens (tertiary/aromatic N) is 6. The molecule has 2 aromatic heterocycles. The fourth-order valence-corrected chi connectivity index (χ4v) is 6.49. The van der Waals surface area contributed by atoms with E-state index in [1.807, 2.05) is 0 Å². The first-order chi connectivity index (χ1) is 18.7. The summed E-state index contributed by atoms with van der Waals surface area (Å²) >= 11 is 0. The fourth-order valence-electron chi connectivity index (χ4n) is 4.30. The number of anilines is 1. The number of aryl methyl sites for hydroxylation is 2. The van der Waals surface area contributed by atoms with Crippen LogP contribution in [0.15, 0.2) is 53.3 Å². The Morgan fingerprint density at radius 2 is 1.75 bits per heavy atom. The van der Waals surface area contributed by atoms with Gasteiger partial charge in [0.1, 0.15) is 6.10 Å². The third kappa shape index (κ3) is 5.84. The number of carbonyl (C=O) groups is 1. The summed E-state index contributed by atoms with van der Waals surface area (Å²) < 4.78 is 65.5. The number of likely N-dealkylation sites (N-methyl/N-ethyl adjacent to an activating group) is 1. The van der Waals surface area contributed by atoms with Crippen LogP contribution in [0.25, 0.3) is 0 Å². The third-order valence-electron chi connectivity index (χ3n) is 6.68. The minimum absolute atomic E-state index is 0.0116. The maximum absolute atomic E-state index is 13.6. The zero-order valence-corrected chi connectivity index (χ0v) is 24.4. The Bertz CT molecular complexity index is 1600. The van der Waals surface area contributed by atoms with E-state index in [0.717, 1.165) is 4.31 Å². The highest BCUT2D eigenvalue weighted by Gasteiger charge is 2.37. The van der Waals surface area contributed by atoms with Gasteiger partial charge in [-0.15, -0.1) is 0 Å². The number of carbonyl (C=O) groups excluding carboxylic acids is 1. The molecule has 4 rings (SSSR count). The number of hydrogen-bond acceptors (Lipinski definition) is 9. The molecule has 16 heteroatoms. The van der Waals surface area contributed by atoms with Gasteiger partial charge in [0.15, 0.2) is 15.8 Å². The van der Waals surface area contributed by atoms with Crippen LogP contribution in [0.3, 0.4) is 0 Å². The number of fused-ring (bicyclic) bond motifs is 1. The van der Waals surface area contributed by atoms with Crippen molar-refractivity contribution in [2.75, 3.05) is 31.5 Å². The molecule has 0 spiro atoms. The Morgan fingerprint density at radius 1 is 1.12 bits per heavy atom. The molecule has 0 fully saturated rings. The second kappa shape index (κ2) is 11.2. The molecule has 0 radical (unpaired) electrons. The van der Waals surface area contributed by atoms with Gasteiger partial charge in [-0.3, -0.25) is 9.52 Å². The number of imidazole rings is 2. The van der Waals surface area contributed by atoms with Gasteiger partial charge in [-0.25, -0.2) is 18.4 Å². The topological polar surface area (TPSA) is 169 Å². The van der Waals surface area contributed by atoms with Gasteiger partial charge in [0.05, 0.1) is 43.1 Å². The summed E-state index contributed by atoms with van der Waals surface area (Å²) in [5.41, 5.74) is 0.0519. The van der Waals surface area contributed by atoms with Crippen molar-refractivity contribution >= 4 is 31.6 Å². The van der Waals surface area contributed by atoms with Crippen LogP contribution < -0.4 is 9.46 Å². The van der Waals surface area contributed by atoms with Crippen LogP contribution in [0.2, 0.25) is 0 Å². The molecule has 0 saturated heterocycles. The van der Waals surface area contributed by atoms with Crippen LogP contribution in [0, 0.1) is 5.92 Å². The van der Waals surface area contributed by atoms with Crippen LogP contribution in [0.5, 0.6) is 5.75 Å². The summed E-state index contributed by atoms with van der Waals surface area (Å²) in [6.07, 6.45) is 4.62. The molecule has 0 bridgehead atoms. The van der Waals surface area contributed by atoms with Crippen molar-refractivity contribution in [3.63, 3.8) is 0 Å². The SMILES string of the molecule is C[C@@H]1CN([C@H](C)CO)C(=O)c2cccc(NS(=O)(=O)c3cn(C)cn3)c2O[C@H]1CN(C)S(=O)(=O)c1cn(C)cn1. The molecule has 40 heavy (non-hydrogen) atoms. The lowest BCUT2D eigenvalue weighted by atomic mass is 9.99. The lowest BCUT2D eigenvalue weighted by Gasteiger charge is -2.38. The number of hydrogen-bond donors (Lipinski definition) is 2. The van der Waals surface area contributed by atoms with Crippen LogP contribution in [0.1, 0.15) is 24.2 Å². The van der Waals surface area contributed by atoms with Crippen molar-refractivity contribution in [2.24, 2.45) is 20.0 Å². The van der Waals surface area contributed by atoms with E-state index in [9.17, 15) is 26.7 Å². The predicted octanol–water partition coefficient (Wildman–Crippen LogP) is 0.495. The number of sulfonamides is 2. The van der Waals surface area contributed by atoms with Gasteiger partial charge in [0.2, 0.25) is 0 Å². The smallest absolute Gasteiger partial charge is 0.281 e. The molecule has 0 saturated carbocycles. The first-order valence-corrected chi connectivity index (χ1v) is 15.3. The molecule has 0 aliphatic carbocycles. The Labute approximate surface area is 233 Å². The summed E-state index contributed by atoms with van der Waals surface area (Å²) in [5.74, 6) is -0.939. The summed E-state index contributed by atoms with van der Waals surface area (Å²) in [5, 5.41) is 9.50. The van der Waals surface area contributed by atoms with Crippen molar-refractivity contribution in [1.29, 1.82) is 0 Å². The van der Waals surface area contributed by atoms with Crippen molar-refractivity contribution in [3.05, 3.63) is 48.8 Å². The maximum Gasteiger partial charge on any atom is 0.281 e. The molecular formula is C24H33N7O7S2.